The predicted molar refractivity (Wildman–Crippen MR) is 73.3 cm³/mol. The van der Waals surface area contributed by atoms with E-state index in [1.165, 1.54) is 44.2 Å². The van der Waals surface area contributed by atoms with Crippen LogP contribution in [0.3, 0.4) is 0 Å². The first-order valence-corrected chi connectivity index (χ1v) is 7.40. The molecular formula is C14H26N4. The molecule has 2 rings (SSSR count). The van der Waals surface area contributed by atoms with Gasteiger partial charge in [-0.2, -0.15) is 0 Å². The van der Waals surface area contributed by atoms with E-state index in [0.717, 1.165) is 18.9 Å². The first-order chi connectivity index (χ1) is 8.85. The maximum Gasteiger partial charge on any atom is 0.0756 e. The topological polar surface area (TPSA) is 42.7 Å². The zero-order valence-corrected chi connectivity index (χ0v) is 11.7. The van der Waals surface area contributed by atoms with Gasteiger partial charge in [0.1, 0.15) is 0 Å². The fraction of sp³-hybridized carbons (Fsp3) is 0.857. The molecule has 0 amide bonds. The summed E-state index contributed by atoms with van der Waals surface area (Å²) in [5.41, 5.74) is 1.25. The maximum absolute atomic E-state index is 4.19. The Morgan fingerprint density at radius 1 is 1.39 bits per heavy atom. The van der Waals surface area contributed by atoms with Crippen LogP contribution in [0.2, 0.25) is 0 Å². The van der Waals surface area contributed by atoms with Crippen LogP contribution in [0.1, 0.15) is 63.6 Å². The first kappa shape index (κ1) is 13.5. The second-order valence-corrected chi connectivity index (χ2v) is 5.46. The number of hydrogen-bond acceptors (Lipinski definition) is 3. The molecule has 1 aliphatic carbocycles. The fourth-order valence-electron chi connectivity index (χ4n) is 3.06. The fourth-order valence-corrected chi connectivity index (χ4v) is 3.06. The highest BCUT2D eigenvalue weighted by atomic mass is 15.4. The summed E-state index contributed by atoms with van der Waals surface area (Å²) >= 11 is 0. The molecular weight excluding hydrogens is 224 g/mol. The van der Waals surface area contributed by atoms with Gasteiger partial charge in [0.25, 0.3) is 0 Å². The Balaban J connectivity index is 2.00. The number of aromatic nitrogens is 3. The zero-order chi connectivity index (χ0) is 12.8. The summed E-state index contributed by atoms with van der Waals surface area (Å²) in [6, 6.07) is 0.412. The van der Waals surface area contributed by atoms with Gasteiger partial charge in [-0.05, 0) is 25.8 Å². The Kier molecular flexibility index (Phi) is 5.17. The van der Waals surface area contributed by atoms with Crippen molar-refractivity contribution in [3.05, 3.63) is 11.9 Å². The monoisotopic (exact) mass is 250 g/mol. The SMILES string of the molecule is CCCn1nncc1C(CC1CCCCC1)NC. The van der Waals surface area contributed by atoms with Gasteiger partial charge >= 0.3 is 0 Å². The molecule has 4 nitrogen and oxygen atoms in total. The largest absolute Gasteiger partial charge is 0.312 e. The Morgan fingerprint density at radius 2 is 2.17 bits per heavy atom. The van der Waals surface area contributed by atoms with Crippen molar-refractivity contribution in [2.24, 2.45) is 5.92 Å². The van der Waals surface area contributed by atoms with Crippen LogP contribution in [-0.2, 0) is 6.54 Å². The average molecular weight is 250 g/mol. The van der Waals surface area contributed by atoms with E-state index in [1.54, 1.807) is 0 Å². The third-order valence-electron chi connectivity index (χ3n) is 4.08. The molecule has 0 saturated heterocycles. The molecule has 1 unspecified atom stereocenters. The minimum atomic E-state index is 0.412. The highest BCUT2D eigenvalue weighted by Crippen LogP contribution is 2.31. The van der Waals surface area contributed by atoms with E-state index in [9.17, 15) is 0 Å². The summed E-state index contributed by atoms with van der Waals surface area (Å²) in [5, 5.41) is 11.7. The second-order valence-electron chi connectivity index (χ2n) is 5.46. The second kappa shape index (κ2) is 6.88. The van der Waals surface area contributed by atoms with Gasteiger partial charge in [-0.15, -0.1) is 5.10 Å². The van der Waals surface area contributed by atoms with Gasteiger partial charge in [-0.1, -0.05) is 44.2 Å². The third-order valence-corrected chi connectivity index (χ3v) is 4.08. The minimum absolute atomic E-state index is 0.412. The van der Waals surface area contributed by atoms with E-state index in [1.807, 2.05) is 6.20 Å². The van der Waals surface area contributed by atoms with Crippen LogP contribution in [-0.4, -0.2) is 22.0 Å². The third kappa shape index (κ3) is 3.31. The van der Waals surface area contributed by atoms with Crippen LogP contribution < -0.4 is 5.32 Å². The highest BCUT2D eigenvalue weighted by Gasteiger charge is 2.21. The average Bonchev–Trinajstić information content (AvgIpc) is 2.86. The molecule has 18 heavy (non-hydrogen) atoms. The van der Waals surface area contributed by atoms with Gasteiger partial charge in [-0.25, -0.2) is 4.68 Å². The molecule has 0 aliphatic heterocycles. The Labute approximate surface area is 110 Å². The highest BCUT2D eigenvalue weighted by molar-refractivity contribution is 5.02. The number of nitrogens with one attached hydrogen (secondary N) is 1. The summed E-state index contributed by atoms with van der Waals surface area (Å²) < 4.78 is 2.06. The van der Waals surface area contributed by atoms with Crippen molar-refractivity contribution < 1.29 is 0 Å². The van der Waals surface area contributed by atoms with Gasteiger partial charge in [0.15, 0.2) is 0 Å². The summed E-state index contributed by atoms with van der Waals surface area (Å²) in [4.78, 5) is 0. The molecule has 1 N–H and O–H groups in total. The van der Waals surface area contributed by atoms with Gasteiger partial charge in [-0.3, -0.25) is 0 Å². The molecule has 0 spiro atoms. The van der Waals surface area contributed by atoms with Gasteiger partial charge in [0, 0.05) is 6.54 Å². The lowest BCUT2D eigenvalue weighted by Gasteiger charge is -2.26. The van der Waals surface area contributed by atoms with Crippen LogP contribution in [0.25, 0.3) is 0 Å². The Bertz CT molecular complexity index is 341. The lowest BCUT2D eigenvalue weighted by molar-refractivity contribution is 0.299. The summed E-state index contributed by atoms with van der Waals surface area (Å²) in [6.07, 6.45) is 11.3. The van der Waals surface area contributed by atoms with Crippen LogP contribution in [0, 0.1) is 5.92 Å². The zero-order valence-electron chi connectivity index (χ0n) is 11.7. The van der Waals surface area contributed by atoms with E-state index in [4.69, 9.17) is 0 Å². The number of hydrogen-bond donors (Lipinski definition) is 1. The molecule has 1 atom stereocenters. The lowest BCUT2D eigenvalue weighted by Crippen LogP contribution is -2.24. The van der Waals surface area contributed by atoms with Crippen molar-refractivity contribution in [1.82, 2.24) is 20.3 Å². The normalized spacial score (nSPS) is 19.0. The maximum atomic E-state index is 4.19. The molecule has 0 bridgehead atoms. The summed E-state index contributed by atoms with van der Waals surface area (Å²) in [5.74, 6) is 0.876. The molecule has 1 fully saturated rings. The van der Waals surface area contributed by atoms with Gasteiger partial charge in [0.2, 0.25) is 0 Å². The molecule has 0 aromatic carbocycles. The number of nitrogens with zero attached hydrogens (tertiary/aromatic N) is 3. The van der Waals surface area contributed by atoms with Crippen LogP contribution >= 0.6 is 0 Å². The van der Waals surface area contributed by atoms with Crippen molar-refractivity contribution in [2.75, 3.05) is 7.05 Å². The smallest absolute Gasteiger partial charge is 0.0756 e. The van der Waals surface area contributed by atoms with E-state index >= 15 is 0 Å². The summed E-state index contributed by atoms with van der Waals surface area (Å²) in [6.45, 7) is 3.15. The van der Waals surface area contributed by atoms with Crippen LogP contribution in [0.15, 0.2) is 6.20 Å². The standard InChI is InChI=1S/C14H26N4/c1-3-9-18-14(11-16-17-18)13(15-2)10-12-7-5-4-6-8-12/h11-13,15H,3-10H2,1-2H3. The molecule has 1 heterocycles. The van der Waals surface area contributed by atoms with Crippen LogP contribution in [0.4, 0.5) is 0 Å². The minimum Gasteiger partial charge on any atom is -0.312 e. The van der Waals surface area contributed by atoms with Crippen LogP contribution in [0.5, 0.6) is 0 Å². The van der Waals surface area contributed by atoms with Crippen molar-refractivity contribution in [2.45, 2.75) is 64.5 Å². The quantitative estimate of drug-likeness (QED) is 0.844. The van der Waals surface area contributed by atoms with Gasteiger partial charge < -0.3 is 5.32 Å². The van der Waals surface area contributed by atoms with Crippen molar-refractivity contribution in [1.29, 1.82) is 0 Å². The van der Waals surface area contributed by atoms with Crippen molar-refractivity contribution in [3.8, 4) is 0 Å². The Hall–Kier alpha value is -0.900. The van der Waals surface area contributed by atoms with Crippen molar-refractivity contribution >= 4 is 0 Å². The Morgan fingerprint density at radius 3 is 2.83 bits per heavy atom. The molecule has 1 aliphatic rings. The number of aryl methyl sites for hydroxylation is 1. The molecule has 1 saturated carbocycles. The molecule has 4 heteroatoms. The summed E-state index contributed by atoms with van der Waals surface area (Å²) in [7, 11) is 2.05. The first-order valence-electron chi connectivity index (χ1n) is 7.40. The van der Waals surface area contributed by atoms with Gasteiger partial charge in [0.05, 0.1) is 17.9 Å². The van der Waals surface area contributed by atoms with E-state index in [-0.39, 0.29) is 0 Å². The van der Waals surface area contributed by atoms with Crippen molar-refractivity contribution in [3.63, 3.8) is 0 Å². The van der Waals surface area contributed by atoms with E-state index in [2.05, 4.69) is 34.3 Å². The molecule has 1 aromatic heterocycles. The number of rotatable bonds is 6. The van der Waals surface area contributed by atoms with E-state index in [0.29, 0.717) is 6.04 Å². The predicted octanol–water partition coefficient (Wildman–Crippen LogP) is 2.92. The van der Waals surface area contributed by atoms with E-state index < -0.39 is 0 Å². The molecule has 102 valence electrons. The lowest BCUT2D eigenvalue weighted by atomic mass is 9.84. The molecule has 0 radical (unpaired) electrons. The molecule has 1 aromatic rings.